The van der Waals surface area contributed by atoms with Crippen LogP contribution in [0.25, 0.3) is 10.9 Å². The molecule has 1 aromatic heterocycles. The van der Waals surface area contributed by atoms with Crippen molar-refractivity contribution >= 4 is 66.3 Å². The van der Waals surface area contributed by atoms with E-state index in [0.29, 0.717) is 40.8 Å². The van der Waals surface area contributed by atoms with E-state index in [0.717, 1.165) is 38.5 Å². The van der Waals surface area contributed by atoms with Crippen LogP contribution in [0.4, 0.5) is 17.1 Å². The molecule has 0 fully saturated rings. The predicted octanol–water partition coefficient (Wildman–Crippen LogP) is 16.8. The number of nitrogens with zero attached hydrogens (tertiary/aromatic N) is 2. The van der Waals surface area contributed by atoms with Crippen molar-refractivity contribution in [2.24, 2.45) is 0 Å². The van der Waals surface area contributed by atoms with Gasteiger partial charge in [-0.25, -0.2) is 16.8 Å². The van der Waals surface area contributed by atoms with Crippen molar-refractivity contribution in [2.75, 3.05) is 28.3 Å². The number of anilines is 3. The smallest absolute Gasteiger partial charge is 0.262 e. The van der Waals surface area contributed by atoms with E-state index in [2.05, 4.69) is 28.3 Å². The lowest BCUT2D eigenvalue weighted by Gasteiger charge is -2.23. The summed E-state index contributed by atoms with van der Waals surface area (Å²) in [7, 11) is -8.46. The average molecular weight is 1070 g/mol. The molecule has 0 atom stereocenters. The molecule has 0 spiro atoms. The van der Waals surface area contributed by atoms with Gasteiger partial charge >= 0.3 is 0 Å². The number of aromatic hydroxyl groups is 1. The van der Waals surface area contributed by atoms with Crippen LogP contribution < -0.4 is 15.2 Å². The maximum absolute atomic E-state index is 14.2. The Bertz CT molecular complexity index is 2360. The highest BCUT2D eigenvalue weighted by Gasteiger charge is 2.24. The number of fused-ring (bicyclic) bond motifs is 1. The van der Waals surface area contributed by atoms with Gasteiger partial charge in [-0.05, 0) is 73.9 Å². The Morgan fingerprint density at radius 3 is 1.45 bits per heavy atom. The van der Waals surface area contributed by atoms with E-state index in [1.165, 1.54) is 210 Å². The van der Waals surface area contributed by atoms with Gasteiger partial charge in [0.1, 0.15) is 5.75 Å². The van der Waals surface area contributed by atoms with Crippen LogP contribution in [-0.4, -0.2) is 50.8 Å². The summed E-state index contributed by atoms with van der Waals surface area (Å²) in [6, 6.07) is 14.7. The number of rotatable bonds is 41. The molecular weight excluding hydrogens is 974 g/mol. The van der Waals surface area contributed by atoms with E-state index < -0.39 is 25.8 Å². The molecule has 4 aromatic rings. The van der Waals surface area contributed by atoms with Crippen LogP contribution in [0.3, 0.4) is 0 Å². The Labute approximate surface area is 448 Å². The fourth-order valence-electron chi connectivity index (χ4n) is 9.69. The number of nitrogens with two attached hydrogens (primary N) is 1. The highest BCUT2D eigenvalue weighted by atomic mass is 35.5. The number of aromatic nitrogens is 1. The Morgan fingerprint density at radius 2 is 0.986 bits per heavy atom. The first-order valence-corrected chi connectivity index (χ1v) is 31.3. The molecule has 14 heteroatoms. The number of carbonyl (C=O) groups excluding carboxylic acids is 1. The molecule has 5 N–H and O–H groups in total. The molecule has 0 saturated carbocycles. The van der Waals surface area contributed by atoms with Gasteiger partial charge in [0.05, 0.1) is 32.4 Å². The van der Waals surface area contributed by atoms with Crippen LogP contribution in [0.5, 0.6) is 5.75 Å². The Balaban J connectivity index is 0.0000141. The van der Waals surface area contributed by atoms with Crippen LogP contribution in [0.1, 0.15) is 235 Å². The second-order valence-corrected chi connectivity index (χ2v) is 23.7. The van der Waals surface area contributed by atoms with Crippen molar-refractivity contribution in [3.8, 4) is 5.75 Å². The summed E-state index contributed by atoms with van der Waals surface area (Å²) in [5, 5.41) is 11.3. The maximum atomic E-state index is 14.2. The third-order valence-electron chi connectivity index (χ3n) is 14.1. The number of carbonyl (C=O) groups is 1. The molecule has 0 aliphatic carbocycles. The van der Waals surface area contributed by atoms with Gasteiger partial charge in [-0.2, -0.15) is 0 Å². The number of nitrogen functional groups attached to an aromatic ring is 1. The molecule has 0 aliphatic heterocycles. The van der Waals surface area contributed by atoms with Gasteiger partial charge in [0.2, 0.25) is 0 Å². The summed E-state index contributed by atoms with van der Waals surface area (Å²) >= 11 is 0. The van der Waals surface area contributed by atoms with E-state index >= 15 is 0 Å². The third kappa shape index (κ3) is 23.6. The topological polar surface area (TPSA) is 172 Å². The fourth-order valence-corrected chi connectivity index (χ4v) is 12.1. The van der Waals surface area contributed by atoms with E-state index in [9.17, 15) is 26.7 Å². The molecule has 0 aliphatic rings. The minimum absolute atomic E-state index is 0. The van der Waals surface area contributed by atoms with Crippen molar-refractivity contribution in [1.82, 2.24) is 9.88 Å². The number of hydrogen-bond donors (Lipinski definition) is 4. The van der Waals surface area contributed by atoms with Gasteiger partial charge in [0.15, 0.2) is 0 Å². The van der Waals surface area contributed by atoms with Gasteiger partial charge in [-0.15, -0.1) is 12.4 Å². The molecule has 0 unspecified atom stereocenters. The maximum Gasteiger partial charge on any atom is 0.262 e. The van der Waals surface area contributed by atoms with Crippen LogP contribution in [0, 0.1) is 6.92 Å². The summed E-state index contributed by atoms with van der Waals surface area (Å²) in [5.74, 6) is -0.661. The molecule has 1 heterocycles. The second-order valence-electron chi connectivity index (χ2n) is 20.4. The molecule has 1 amide bonds. The molecule has 73 heavy (non-hydrogen) atoms. The van der Waals surface area contributed by atoms with E-state index in [-0.39, 0.29) is 39.5 Å². The summed E-state index contributed by atoms with van der Waals surface area (Å²) in [6.45, 7) is 7.40. The Morgan fingerprint density at radius 1 is 0.548 bits per heavy atom. The first kappa shape index (κ1) is 63.2. The number of sulfonamides is 2. The number of phenols is 1. The minimum Gasteiger partial charge on any atom is -0.506 e. The van der Waals surface area contributed by atoms with Crippen LogP contribution >= 0.6 is 12.4 Å². The zero-order valence-corrected chi connectivity index (χ0v) is 47.5. The van der Waals surface area contributed by atoms with E-state index in [1.807, 2.05) is 4.90 Å². The molecule has 0 radical (unpaired) electrons. The minimum atomic E-state index is -4.23. The van der Waals surface area contributed by atoms with E-state index in [4.69, 9.17) is 5.73 Å². The SMILES string of the molecule is CCCCCCCCCCCCCCCCCCN(CCCCCCCCCCCCCCCCCC)C(=O)c1cccc(S(=O)(=O)Nc2cc(O)c(NS(=O)(=O)c3ccc(N)c4ncccc34)cc2C)c1.Cl. The molecule has 11 nitrogen and oxygen atoms in total. The first-order valence-electron chi connectivity index (χ1n) is 28.3. The monoisotopic (exact) mass is 1070 g/mol. The molecule has 4 rings (SSSR count). The quantitative estimate of drug-likeness (QED) is 0.0193. The van der Waals surface area contributed by atoms with Gasteiger partial charge in [0.25, 0.3) is 26.0 Å². The number of aryl methyl sites for hydroxylation is 1. The second kappa shape index (κ2) is 36.0. The van der Waals surface area contributed by atoms with Crippen molar-refractivity contribution in [1.29, 1.82) is 0 Å². The number of pyridine rings is 1. The highest BCUT2D eigenvalue weighted by molar-refractivity contribution is 7.93. The Kier molecular flexibility index (Phi) is 31.2. The van der Waals surface area contributed by atoms with E-state index in [1.54, 1.807) is 31.2 Å². The van der Waals surface area contributed by atoms with Gasteiger partial charge in [0, 0.05) is 36.3 Å². The summed E-state index contributed by atoms with van der Waals surface area (Å²) in [6.07, 6.45) is 42.5. The van der Waals surface area contributed by atoms with Gasteiger partial charge < -0.3 is 15.7 Å². The zero-order valence-electron chi connectivity index (χ0n) is 45.1. The lowest BCUT2D eigenvalue weighted by Crippen LogP contribution is -2.33. The summed E-state index contributed by atoms with van der Waals surface area (Å²) in [5.41, 5.74) is 7.28. The highest BCUT2D eigenvalue weighted by Crippen LogP contribution is 2.35. The summed E-state index contributed by atoms with van der Waals surface area (Å²) in [4.78, 5) is 20.2. The summed E-state index contributed by atoms with van der Waals surface area (Å²) < 4.78 is 59.9. The number of unbranched alkanes of at least 4 members (excludes halogenated alkanes) is 30. The molecule has 0 saturated heterocycles. The molecular formula is C59H94ClN5O6S2. The number of amides is 1. The average Bonchev–Trinajstić information content (AvgIpc) is 3.36. The fraction of sp³-hybridized carbons (Fsp3) is 0.627. The standard InChI is InChI=1S/C59H93N5O6S2.ClH/c1-4-6-8-10-12-14-16-18-20-22-24-26-28-30-32-34-44-64(45-35-33-31-29-27-25-23-21-19-17-15-13-11-9-7-5-2)59(66)50-38-36-39-51(47-50)71(67,68)62-54-48-56(65)55(46-49(54)3)63-72(69,70)57-42-41-53(60)58-52(57)40-37-43-61-58;/h36-43,46-48,62-63,65H,4-35,44-45,60H2,1-3H3;1H. The van der Waals surface area contributed by atoms with Crippen molar-refractivity contribution in [3.63, 3.8) is 0 Å². The normalized spacial score (nSPS) is 11.7. The van der Waals surface area contributed by atoms with Crippen LogP contribution in [0.2, 0.25) is 0 Å². The van der Waals surface area contributed by atoms with Crippen molar-refractivity contribution in [2.45, 2.75) is 236 Å². The van der Waals surface area contributed by atoms with Crippen LogP contribution in [0.15, 0.2) is 76.7 Å². The molecule has 0 bridgehead atoms. The largest absolute Gasteiger partial charge is 0.506 e. The van der Waals surface area contributed by atoms with Crippen molar-refractivity contribution in [3.05, 3.63) is 78.0 Å². The number of benzene rings is 3. The Hall–Kier alpha value is -4.07. The van der Waals surface area contributed by atoms with Crippen LogP contribution in [-0.2, 0) is 20.0 Å². The van der Waals surface area contributed by atoms with Crippen molar-refractivity contribution < 1.29 is 26.7 Å². The zero-order chi connectivity index (χ0) is 51.9. The number of hydrogen-bond acceptors (Lipinski definition) is 8. The van der Waals surface area contributed by atoms with Gasteiger partial charge in [-0.3, -0.25) is 19.2 Å². The predicted molar refractivity (Wildman–Crippen MR) is 309 cm³/mol. The third-order valence-corrected chi connectivity index (χ3v) is 16.9. The lowest BCUT2D eigenvalue weighted by atomic mass is 10.0. The first-order chi connectivity index (χ1) is 34.9. The number of halogens is 1. The van der Waals surface area contributed by atoms with Gasteiger partial charge in [-0.1, -0.05) is 213 Å². The number of phenolic OH excluding ortho intramolecular Hbond substituents is 1. The number of nitrogens with one attached hydrogen (secondary N) is 2. The molecule has 3 aromatic carbocycles. The lowest BCUT2D eigenvalue weighted by molar-refractivity contribution is 0.0749. The molecule has 410 valence electrons.